The molecule has 3 N–H and O–H groups in total. The Balaban J connectivity index is 3.96. The zero-order valence-electron chi connectivity index (χ0n) is 7.57. The van der Waals surface area contributed by atoms with Crippen LogP contribution in [0.2, 0.25) is 0 Å². The van der Waals surface area contributed by atoms with E-state index in [1.165, 1.54) is 0 Å². The summed E-state index contributed by atoms with van der Waals surface area (Å²) in [6.45, 7) is -0.660. The molecule has 8 nitrogen and oxygen atoms in total. The second kappa shape index (κ2) is 5.57. The zero-order chi connectivity index (χ0) is 12.1. The van der Waals surface area contributed by atoms with E-state index in [1.807, 2.05) is 0 Å². The molecule has 10 heteroatoms. The molecule has 0 aliphatic rings. The van der Waals surface area contributed by atoms with Crippen molar-refractivity contribution < 1.29 is 36.9 Å². The summed E-state index contributed by atoms with van der Waals surface area (Å²) >= 11 is 0. The Morgan fingerprint density at radius 1 is 1.33 bits per heavy atom. The molecule has 0 saturated carbocycles. The summed E-state index contributed by atoms with van der Waals surface area (Å²) in [7, 11) is -8.32. The SMILES string of the molecule is O=C(O)CCS(=O)(=O)OCCP(=O)(O)O. The molecule has 0 amide bonds. The van der Waals surface area contributed by atoms with Gasteiger partial charge in [0.2, 0.25) is 0 Å². The van der Waals surface area contributed by atoms with Crippen LogP contribution in [0.3, 0.4) is 0 Å². The topological polar surface area (TPSA) is 138 Å². The van der Waals surface area contributed by atoms with Crippen LogP contribution in [-0.4, -0.2) is 47.8 Å². The largest absolute Gasteiger partial charge is 0.481 e. The second-order valence-electron chi connectivity index (χ2n) is 2.62. The second-order valence-corrected chi connectivity index (χ2v) is 6.15. The lowest BCUT2D eigenvalue weighted by atomic mass is 10.5. The summed E-state index contributed by atoms with van der Waals surface area (Å²) in [5.74, 6) is -2.01. The maximum atomic E-state index is 10.9. The summed E-state index contributed by atoms with van der Waals surface area (Å²) in [6, 6.07) is 0. The average Bonchev–Trinajstić information content (AvgIpc) is 1.98. The van der Waals surface area contributed by atoms with Crippen molar-refractivity contribution in [2.75, 3.05) is 18.5 Å². The Morgan fingerprint density at radius 3 is 2.27 bits per heavy atom. The van der Waals surface area contributed by atoms with Gasteiger partial charge in [-0.15, -0.1) is 0 Å². The van der Waals surface area contributed by atoms with Crippen molar-refractivity contribution in [2.24, 2.45) is 0 Å². The van der Waals surface area contributed by atoms with Gasteiger partial charge in [0.25, 0.3) is 10.1 Å². The molecule has 0 aromatic heterocycles. The number of carbonyl (C=O) groups is 1. The number of rotatable bonds is 7. The van der Waals surface area contributed by atoms with Gasteiger partial charge in [0.1, 0.15) is 0 Å². The lowest BCUT2D eigenvalue weighted by Crippen LogP contribution is -2.15. The van der Waals surface area contributed by atoms with Crippen molar-refractivity contribution in [1.29, 1.82) is 0 Å². The van der Waals surface area contributed by atoms with E-state index in [2.05, 4.69) is 4.18 Å². The highest BCUT2D eigenvalue weighted by atomic mass is 32.2. The number of carboxylic acids is 1. The minimum absolute atomic E-state index is 0.613. The molecule has 90 valence electrons. The van der Waals surface area contributed by atoms with Gasteiger partial charge in [-0.3, -0.25) is 13.5 Å². The summed E-state index contributed by atoms with van der Waals surface area (Å²) in [5, 5.41) is 8.19. The average molecular weight is 262 g/mol. The van der Waals surface area contributed by atoms with E-state index in [1.54, 1.807) is 0 Å². The van der Waals surface area contributed by atoms with Crippen LogP contribution in [0.5, 0.6) is 0 Å². The number of hydrogen-bond donors (Lipinski definition) is 3. The Kier molecular flexibility index (Phi) is 5.39. The van der Waals surface area contributed by atoms with Crippen LogP contribution < -0.4 is 0 Å². The lowest BCUT2D eigenvalue weighted by Gasteiger charge is -2.05. The molecule has 15 heavy (non-hydrogen) atoms. The molecular formula is C5H11O8PS. The fourth-order valence-corrected chi connectivity index (χ4v) is 1.89. The third-order valence-electron chi connectivity index (χ3n) is 1.21. The molecule has 0 spiro atoms. The minimum Gasteiger partial charge on any atom is -0.481 e. The molecule has 0 aromatic rings. The van der Waals surface area contributed by atoms with Crippen LogP contribution in [0.15, 0.2) is 0 Å². The van der Waals surface area contributed by atoms with Gasteiger partial charge in [0, 0.05) is 0 Å². The first-order chi connectivity index (χ1) is 6.62. The van der Waals surface area contributed by atoms with E-state index in [0.717, 1.165) is 0 Å². The Labute approximate surface area is 86.2 Å². The zero-order valence-corrected chi connectivity index (χ0v) is 9.28. The molecule has 0 unspecified atom stereocenters. The molecule has 0 heterocycles. The van der Waals surface area contributed by atoms with Crippen molar-refractivity contribution in [3.63, 3.8) is 0 Å². The Morgan fingerprint density at radius 2 is 1.87 bits per heavy atom. The molecule has 0 atom stereocenters. The first kappa shape index (κ1) is 14.5. The first-order valence-corrected chi connectivity index (χ1v) is 7.13. The van der Waals surface area contributed by atoms with E-state index in [0.29, 0.717) is 0 Å². The first-order valence-electron chi connectivity index (χ1n) is 3.76. The van der Waals surface area contributed by atoms with Gasteiger partial charge in [-0.25, -0.2) is 0 Å². The third-order valence-corrected chi connectivity index (χ3v) is 3.21. The van der Waals surface area contributed by atoms with Gasteiger partial charge in [-0.05, 0) is 0 Å². The van der Waals surface area contributed by atoms with Crippen LogP contribution in [0.25, 0.3) is 0 Å². The fourth-order valence-electron chi connectivity index (χ4n) is 0.554. The normalized spacial score (nSPS) is 12.7. The van der Waals surface area contributed by atoms with E-state index in [-0.39, 0.29) is 0 Å². The van der Waals surface area contributed by atoms with Crippen LogP contribution in [0, 0.1) is 0 Å². The van der Waals surface area contributed by atoms with Crippen molar-refractivity contribution in [3.8, 4) is 0 Å². The summed E-state index contributed by atoms with van der Waals surface area (Å²) < 4.78 is 36.2. The van der Waals surface area contributed by atoms with Gasteiger partial charge in [0.05, 0.1) is 24.9 Å². The smallest absolute Gasteiger partial charge is 0.327 e. The predicted molar refractivity (Wildman–Crippen MR) is 48.9 cm³/mol. The van der Waals surface area contributed by atoms with Crippen molar-refractivity contribution in [1.82, 2.24) is 0 Å². The highest BCUT2D eigenvalue weighted by molar-refractivity contribution is 7.86. The van der Waals surface area contributed by atoms with Crippen molar-refractivity contribution in [2.45, 2.75) is 6.42 Å². The highest BCUT2D eigenvalue weighted by Crippen LogP contribution is 2.33. The highest BCUT2D eigenvalue weighted by Gasteiger charge is 2.17. The summed E-state index contributed by atoms with van der Waals surface area (Å²) in [4.78, 5) is 26.8. The van der Waals surface area contributed by atoms with Crippen LogP contribution in [0.4, 0.5) is 0 Å². The Hall–Kier alpha value is -0.470. The summed E-state index contributed by atoms with van der Waals surface area (Å²) in [5.41, 5.74) is 0. The molecule has 0 fully saturated rings. The fraction of sp³-hybridized carbons (Fsp3) is 0.800. The minimum atomic E-state index is -4.30. The molecular weight excluding hydrogens is 251 g/mol. The van der Waals surface area contributed by atoms with E-state index in [4.69, 9.17) is 14.9 Å². The summed E-state index contributed by atoms with van der Waals surface area (Å²) in [6.07, 6.45) is -1.34. The van der Waals surface area contributed by atoms with E-state index < -0.39 is 48.6 Å². The van der Waals surface area contributed by atoms with Gasteiger partial charge in [-0.2, -0.15) is 8.42 Å². The Bertz CT molecular complexity index is 353. The van der Waals surface area contributed by atoms with Gasteiger partial charge in [0.15, 0.2) is 0 Å². The monoisotopic (exact) mass is 262 g/mol. The predicted octanol–water partition coefficient (Wildman–Crippen LogP) is -1.01. The van der Waals surface area contributed by atoms with Crippen LogP contribution in [0.1, 0.15) is 6.42 Å². The maximum absolute atomic E-state index is 10.9. The third kappa shape index (κ3) is 9.83. The van der Waals surface area contributed by atoms with Crippen molar-refractivity contribution in [3.05, 3.63) is 0 Å². The van der Waals surface area contributed by atoms with Gasteiger partial charge in [-0.1, -0.05) is 0 Å². The van der Waals surface area contributed by atoms with Gasteiger partial charge >= 0.3 is 13.6 Å². The number of aliphatic carboxylic acids is 1. The number of carboxylic acid groups (broad SMARTS) is 1. The maximum Gasteiger partial charge on any atom is 0.327 e. The van der Waals surface area contributed by atoms with Crippen molar-refractivity contribution >= 4 is 23.7 Å². The standard InChI is InChI=1S/C5H11O8PS/c6-5(7)1-4-15(11,12)13-2-3-14(8,9)10/h1-4H2,(H,6,7)(H2,8,9,10). The molecule has 0 radical (unpaired) electrons. The molecule has 0 rings (SSSR count). The van der Waals surface area contributed by atoms with Crippen LogP contribution in [-0.2, 0) is 23.7 Å². The molecule has 0 bridgehead atoms. The number of hydrogen-bond acceptors (Lipinski definition) is 5. The molecule has 0 saturated heterocycles. The molecule has 0 aromatic carbocycles. The molecule has 0 aliphatic heterocycles. The quantitative estimate of drug-likeness (QED) is 0.391. The van der Waals surface area contributed by atoms with Gasteiger partial charge < -0.3 is 14.9 Å². The molecule has 0 aliphatic carbocycles. The van der Waals surface area contributed by atoms with Crippen LogP contribution >= 0.6 is 7.60 Å². The van der Waals surface area contributed by atoms with E-state index >= 15 is 0 Å². The van der Waals surface area contributed by atoms with E-state index in [9.17, 15) is 17.8 Å². The lowest BCUT2D eigenvalue weighted by molar-refractivity contribution is -0.136.